The van der Waals surface area contributed by atoms with Gasteiger partial charge >= 0.3 is 0 Å². The van der Waals surface area contributed by atoms with Gasteiger partial charge in [0, 0.05) is 22.5 Å². The summed E-state index contributed by atoms with van der Waals surface area (Å²) in [4.78, 5) is 24.9. The normalized spacial score (nSPS) is 18.5. The fourth-order valence-electron chi connectivity index (χ4n) is 1.96. The van der Waals surface area contributed by atoms with Crippen LogP contribution in [0.3, 0.4) is 0 Å². The van der Waals surface area contributed by atoms with Crippen LogP contribution in [0, 0.1) is 0 Å². The Hall–Kier alpha value is -1.61. The van der Waals surface area contributed by atoms with Gasteiger partial charge in [-0.15, -0.1) is 11.8 Å². The topological polar surface area (TPSA) is 34.1 Å². The van der Waals surface area contributed by atoms with Crippen molar-refractivity contribution in [2.75, 3.05) is 5.75 Å². The third-order valence-electron chi connectivity index (χ3n) is 2.72. The summed E-state index contributed by atoms with van der Waals surface area (Å²) in [5.74, 6) is 0.716. The lowest BCUT2D eigenvalue weighted by atomic mass is 9.89. The van der Waals surface area contributed by atoms with Gasteiger partial charge in [-0.2, -0.15) is 0 Å². The number of rotatable bonds is 0. The van der Waals surface area contributed by atoms with Crippen LogP contribution in [0.25, 0.3) is 0 Å². The monoisotopic (exact) mass is 228 g/mol. The van der Waals surface area contributed by atoms with Gasteiger partial charge in [-0.3, -0.25) is 9.59 Å². The predicted octanol–water partition coefficient (Wildman–Crippen LogP) is 2.62. The lowest BCUT2D eigenvalue weighted by Crippen LogP contribution is -2.21. The first kappa shape index (κ1) is 9.60. The van der Waals surface area contributed by atoms with Crippen molar-refractivity contribution in [2.24, 2.45) is 0 Å². The summed E-state index contributed by atoms with van der Waals surface area (Å²) >= 11 is 1.45. The Labute approximate surface area is 97.0 Å². The van der Waals surface area contributed by atoms with Crippen LogP contribution in [0.4, 0.5) is 0 Å². The van der Waals surface area contributed by atoms with Gasteiger partial charge in [0.15, 0.2) is 5.78 Å². The Bertz CT molecular complexity index is 567. The van der Waals surface area contributed by atoms with Crippen molar-refractivity contribution in [3.63, 3.8) is 0 Å². The predicted molar refractivity (Wildman–Crippen MR) is 63.7 cm³/mol. The van der Waals surface area contributed by atoms with Crippen molar-refractivity contribution < 1.29 is 9.59 Å². The van der Waals surface area contributed by atoms with Crippen LogP contribution >= 0.6 is 11.8 Å². The summed E-state index contributed by atoms with van der Waals surface area (Å²) in [5.41, 5.74) is 1.62. The molecule has 0 saturated carbocycles. The standard InChI is InChI=1S/C13H8O2S/c14-11-8-4-1-2-5-9(8)12(15)13-10(11)6-3-7-16-13/h1-6H,7H2. The van der Waals surface area contributed by atoms with Crippen molar-refractivity contribution in [3.05, 3.63) is 58.0 Å². The molecule has 1 heterocycles. The second-order valence-corrected chi connectivity index (χ2v) is 4.69. The number of thioether (sulfide) groups is 1. The minimum absolute atomic E-state index is 0.0143. The van der Waals surface area contributed by atoms with E-state index in [1.807, 2.05) is 6.08 Å². The maximum Gasteiger partial charge on any atom is 0.200 e. The van der Waals surface area contributed by atoms with Crippen molar-refractivity contribution in [1.29, 1.82) is 0 Å². The Kier molecular flexibility index (Phi) is 2.07. The number of carbonyl (C=O) groups is 2. The molecule has 3 heteroatoms. The molecule has 0 N–H and O–H groups in total. The SMILES string of the molecule is O=C1C2=C(SCC=C2)C(=O)c2ccccc21. The number of carbonyl (C=O) groups excluding carboxylic acids is 2. The molecule has 1 aliphatic carbocycles. The fourth-order valence-corrected chi connectivity index (χ4v) is 2.88. The molecule has 0 fully saturated rings. The second kappa shape index (κ2) is 3.46. The number of hydrogen-bond donors (Lipinski definition) is 0. The molecule has 0 aromatic heterocycles. The molecule has 0 unspecified atom stereocenters. The molecule has 2 nitrogen and oxygen atoms in total. The highest BCUT2D eigenvalue weighted by atomic mass is 32.2. The highest BCUT2D eigenvalue weighted by molar-refractivity contribution is 8.04. The number of hydrogen-bond acceptors (Lipinski definition) is 3. The van der Waals surface area contributed by atoms with E-state index in [9.17, 15) is 9.59 Å². The number of benzene rings is 1. The van der Waals surface area contributed by atoms with Gasteiger partial charge < -0.3 is 0 Å². The van der Waals surface area contributed by atoms with E-state index in [1.165, 1.54) is 11.8 Å². The Morgan fingerprint density at radius 2 is 1.69 bits per heavy atom. The Balaban J connectivity index is 2.26. The van der Waals surface area contributed by atoms with Gasteiger partial charge in [0.1, 0.15) is 0 Å². The van der Waals surface area contributed by atoms with Crippen LogP contribution in [-0.4, -0.2) is 17.3 Å². The molecule has 78 valence electrons. The smallest absolute Gasteiger partial charge is 0.200 e. The highest BCUT2D eigenvalue weighted by Gasteiger charge is 2.31. The van der Waals surface area contributed by atoms with Gasteiger partial charge in [-0.25, -0.2) is 0 Å². The molecule has 2 aliphatic rings. The van der Waals surface area contributed by atoms with Crippen molar-refractivity contribution in [1.82, 2.24) is 0 Å². The van der Waals surface area contributed by atoms with E-state index in [-0.39, 0.29) is 11.6 Å². The van der Waals surface area contributed by atoms with Crippen LogP contribution in [0.5, 0.6) is 0 Å². The third-order valence-corrected chi connectivity index (χ3v) is 3.77. The molecule has 3 rings (SSSR count). The quantitative estimate of drug-likeness (QED) is 0.684. The van der Waals surface area contributed by atoms with Crippen LogP contribution in [0.15, 0.2) is 46.9 Å². The molecule has 0 bridgehead atoms. The summed E-state index contributed by atoms with van der Waals surface area (Å²) in [7, 11) is 0. The number of ketones is 2. The summed E-state index contributed by atoms with van der Waals surface area (Å²) < 4.78 is 0. The van der Waals surface area contributed by atoms with Gasteiger partial charge in [0.05, 0.1) is 4.91 Å². The van der Waals surface area contributed by atoms with E-state index in [0.717, 1.165) is 5.75 Å². The molecule has 0 amide bonds. The summed E-state index contributed by atoms with van der Waals surface area (Å²) in [5, 5.41) is 0. The van der Waals surface area contributed by atoms with Crippen molar-refractivity contribution >= 4 is 23.3 Å². The van der Waals surface area contributed by atoms with Gasteiger partial charge in [-0.05, 0) is 0 Å². The van der Waals surface area contributed by atoms with E-state index < -0.39 is 0 Å². The van der Waals surface area contributed by atoms with E-state index in [4.69, 9.17) is 0 Å². The molecular formula is C13H8O2S. The van der Waals surface area contributed by atoms with Gasteiger partial charge in [-0.1, -0.05) is 36.4 Å². The first-order chi connectivity index (χ1) is 7.79. The maximum atomic E-state index is 12.1. The van der Waals surface area contributed by atoms with Crippen molar-refractivity contribution in [2.45, 2.75) is 0 Å². The van der Waals surface area contributed by atoms with E-state index >= 15 is 0 Å². The van der Waals surface area contributed by atoms with E-state index in [2.05, 4.69) is 0 Å². The zero-order valence-electron chi connectivity index (χ0n) is 8.40. The molecule has 0 spiro atoms. The lowest BCUT2D eigenvalue weighted by Gasteiger charge is -2.20. The first-order valence-electron chi connectivity index (χ1n) is 5.01. The van der Waals surface area contributed by atoms with E-state index in [1.54, 1.807) is 30.3 Å². The highest BCUT2D eigenvalue weighted by Crippen LogP contribution is 2.35. The Morgan fingerprint density at radius 3 is 2.44 bits per heavy atom. The average molecular weight is 228 g/mol. The zero-order valence-corrected chi connectivity index (χ0v) is 9.21. The largest absolute Gasteiger partial charge is 0.289 e. The Morgan fingerprint density at radius 1 is 1.00 bits per heavy atom. The van der Waals surface area contributed by atoms with Crippen LogP contribution in [-0.2, 0) is 0 Å². The molecule has 0 atom stereocenters. The summed E-state index contributed by atoms with van der Waals surface area (Å²) in [6, 6.07) is 7.01. The molecule has 0 radical (unpaired) electrons. The molecule has 0 saturated heterocycles. The minimum Gasteiger partial charge on any atom is -0.289 e. The lowest BCUT2D eigenvalue weighted by molar-refractivity contribution is 0.0984. The number of Topliss-reactive ketones (excluding diaryl/α,β-unsaturated/α-hetero) is 2. The van der Waals surface area contributed by atoms with Gasteiger partial charge in [0.25, 0.3) is 0 Å². The molecule has 16 heavy (non-hydrogen) atoms. The summed E-state index contributed by atoms with van der Waals surface area (Å²) in [6.07, 6.45) is 3.69. The average Bonchev–Trinajstić information content (AvgIpc) is 2.36. The maximum absolute atomic E-state index is 12.1. The van der Waals surface area contributed by atoms with Crippen LogP contribution < -0.4 is 0 Å². The molecular weight excluding hydrogens is 220 g/mol. The fraction of sp³-hybridized carbons (Fsp3) is 0.0769. The van der Waals surface area contributed by atoms with E-state index in [0.29, 0.717) is 21.6 Å². The minimum atomic E-state index is -0.0337. The first-order valence-corrected chi connectivity index (χ1v) is 5.99. The number of allylic oxidation sites excluding steroid dienone is 3. The van der Waals surface area contributed by atoms with Gasteiger partial charge in [0.2, 0.25) is 5.78 Å². The third kappa shape index (κ3) is 1.21. The van der Waals surface area contributed by atoms with Crippen molar-refractivity contribution in [3.8, 4) is 0 Å². The molecule has 1 aromatic rings. The molecule has 1 aliphatic heterocycles. The van der Waals surface area contributed by atoms with Crippen LogP contribution in [0.2, 0.25) is 0 Å². The number of fused-ring (bicyclic) bond motifs is 1. The van der Waals surface area contributed by atoms with Crippen LogP contribution in [0.1, 0.15) is 20.7 Å². The molecule has 1 aromatic carbocycles. The second-order valence-electron chi connectivity index (χ2n) is 3.66. The summed E-state index contributed by atoms with van der Waals surface area (Å²) in [6.45, 7) is 0. The zero-order chi connectivity index (χ0) is 11.1.